The van der Waals surface area contributed by atoms with Crippen molar-refractivity contribution in [2.75, 3.05) is 24.9 Å². The second kappa shape index (κ2) is 8.35. The van der Waals surface area contributed by atoms with E-state index in [1.54, 1.807) is 49.6 Å². The lowest BCUT2D eigenvalue weighted by molar-refractivity contribution is -0.135. The molecule has 2 aromatic carbocycles. The summed E-state index contributed by atoms with van der Waals surface area (Å²) in [5.41, 5.74) is -0.362. The van der Waals surface area contributed by atoms with Crippen LogP contribution in [-0.4, -0.2) is 32.0 Å². The third-order valence-corrected chi connectivity index (χ3v) is 4.06. The van der Waals surface area contributed by atoms with Crippen molar-refractivity contribution in [2.24, 2.45) is 5.41 Å². The Morgan fingerprint density at radius 1 is 0.852 bits per heavy atom. The van der Waals surface area contributed by atoms with Crippen LogP contribution in [-0.2, 0) is 14.3 Å². The maximum atomic E-state index is 12.7. The summed E-state index contributed by atoms with van der Waals surface area (Å²) in [7, 11) is 2.81. The van der Waals surface area contributed by atoms with Crippen LogP contribution in [0.25, 0.3) is 0 Å². The Bertz CT molecular complexity index is 844. The van der Waals surface area contributed by atoms with E-state index in [-0.39, 0.29) is 11.3 Å². The lowest BCUT2D eigenvalue weighted by Crippen LogP contribution is -2.41. The Morgan fingerprint density at radius 2 is 1.44 bits per heavy atom. The van der Waals surface area contributed by atoms with E-state index in [4.69, 9.17) is 9.47 Å². The van der Waals surface area contributed by atoms with Crippen molar-refractivity contribution in [3.05, 3.63) is 54.1 Å². The van der Waals surface area contributed by atoms with Gasteiger partial charge in [0.05, 0.1) is 25.5 Å². The standard InChI is InChI=1S/C20H22N2O5/c1-20(2,18(24)21-13-9-11-14(26-3)12-10-13)19(25)22-16-8-6-5-7-15(16)17(23)27-4/h5-12H,1-4H3,(H,21,24)(H,22,25). The minimum Gasteiger partial charge on any atom is -0.497 e. The Hall–Kier alpha value is -3.35. The van der Waals surface area contributed by atoms with Crippen molar-refractivity contribution in [1.82, 2.24) is 0 Å². The molecule has 0 aliphatic heterocycles. The van der Waals surface area contributed by atoms with Crippen LogP contribution in [0.3, 0.4) is 0 Å². The van der Waals surface area contributed by atoms with Crippen LogP contribution in [0.4, 0.5) is 11.4 Å². The zero-order valence-corrected chi connectivity index (χ0v) is 15.7. The summed E-state index contributed by atoms with van der Waals surface area (Å²) in [6.07, 6.45) is 0. The van der Waals surface area contributed by atoms with Crippen molar-refractivity contribution < 1.29 is 23.9 Å². The molecule has 7 heteroatoms. The minimum absolute atomic E-state index is 0.208. The van der Waals surface area contributed by atoms with Gasteiger partial charge in [0.2, 0.25) is 11.8 Å². The van der Waals surface area contributed by atoms with Gasteiger partial charge in [-0.3, -0.25) is 9.59 Å². The Kier molecular flexibility index (Phi) is 6.18. The zero-order valence-electron chi connectivity index (χ0n) is 15.7. The van der Waals surface area contributed by atoms with Gasteiger partial charge in [-0.1, -0.05) is 12.1 Å². The summed E-state index contributed by atoms with van der Waals surface area (Å²) < 4.78 is 9.78. The van der Waals surface area contributed by atoms with Gasteiger partial charge in [0, 0.05) is 5.69 Å². The van der Waals surface area contributed by atoms with Crippen LogP contribution < -0.4 is 15.4 Å². The minimum atomic E-state index is -1.39. The van der Waals surface area contributed by atoms with Gasteiger partial charge in [0.25, 0.3) is 0 Å². The van der Waals surface area contributed by atoms with Crippen LogP contribution in [0.5, 0.6) is 5.75 Å². The number of methoxy groups -OCH3 is 2. The van der Waals surface area contributed by atoms with Gasteiger partial charge in [-0.2, -0.15) is 0 Å². The molecule has 2 rings (SSSR count). The fourth-order valence-electron chi connectivity index (χ4n) is 2.22. The van der Waals surface area contributed by atoms with E-state index in [0.717, 1.165) is 0 Å². The maximum Gasteiger partial charge on any atom is 0.339 e. The van der Waals surface area contributed by atoms with E-state index in [1.807, 2.05) is 0 Å². The Balaban J connectivity index is 2.14. The second-order valence-corrected chi connectivity index (χ2v) is 6.30. The fourth-order valence-corrected chi connectivity index (χ4v) is 2.22. The molecule has 2 aromatic rings. The van der Waals surface area contributed by atoms with Crippen LogP contribution in [0.1, 0.15) is 24.2 Å². The highest BCUT2D eigenvalue weighted by Crippen LogP contribution is 2.24. The Morgan fingerprint density at radius 3 is 2.04 bits per heavy atom. The normalized spacial score (nSPS) is 10.7. The first-order chi connectivity index (χ1) is 12.8. The number of amides is 2. The molecule has 7 nitrogen and oxygen atoms in total. The smallest absolute Gasteiger partial charge is 0.339 e. The SMILES string of the molecule is COC(=O)c1ccccc1NC(=O)C(C)(C)C(=O)Nc1ccc(OC)cc1. The maximum absolute atomic E-state index is 12.7. The van der Waals surface area contributed by atoms with E-state index in [0.29, 0.717) is 11.4 Å². The molecule has 0 aromatic heterocycles. The Labute approximate surface area is 157 Å². The average Bonchev–Trinajstić information content (AvgIpc) is 2.68. The molecule has 0 aliphatic carbocycles. The molecule has 0 atom stereocenters. The largest absolute Gasteiger partial charge is 0.497 e. The summed E-state index contributed by atoms with van der Waals surface area (Å²) in [4.78, 5) is 37.1. The highest BCUT2D eigenvalue weighted by Gasteiger charge is 2.36. The number of ether oxygens (including phenoxy) is 2. The van der Waals surface area contributed by atoms with Gasteiger partial charge in [-0.15, -0.1) is 0 Å². The second-order valence-electron chi connectivity index (χ2n) is 6.30. The molecule has 0 fully saturated rings. The van der Waals surface area contributed by atoms with E-state index in [1.165, 1.54) is 27.0 Å². The molecule has 2 N–H and O–H groups in total. The summed E-state index contributed by atoms with van der Waals surface area (Å²) in [6, 6.07) is 13.2. The quantitative estimate of drug-likeness (QED) is 0.602. The molecular weight excluding hydrogens is 348 g/mol. The molecule has 142 valence electrons. The van der Waals surface area contributed by atoms with Gasteiger partial charge < -0.3 is 20.1 Å². The highest BCUT2D eigenvalue weighted by molar-refractivity contribution is 6.15. The van der Waals surface area contributed by atoms with Gasteiger partial charge in [-0.25, -0.2) is 4.79 Å². The zero-order chi connectivity index (χ0) is 20.0. The topological polar surface area (TPSA) is 93.7 Å². The lowest BCUT2D eigenvalue weighted by Gasteiger charge is -2.23. The van der Waals surface area contributed by atoms with Crippen molar-refractivity contribution in [3.8, 4) is 5.75 Å². The van der Waals surface area contributed by atoms with Gasteiger partial charge in [0.15, 0.2) is 0 Å². The molecule has 0 heterocycles. The number of para-hydroxylation sites is 1. The first-order valence-electron chi connectivity index (χ1n) is 8.24. The summed E-state index contributed by atoms with van der Waals surface area (Å²) in [5.74, 6) is -0.957. The lowest BCUT2D eigenvalue weighted by atomic mass is 9.90. The molecule has 0 unspecified atom stereocenters. The fraction of sp³-hybridized carbons (Fsp3) is 0.250. The van der Waals surface area contributed by atoms with Gasteiger partial charge in [-0.05, 0) is 50.2 Å². The molecule has 0 saturated carbocycles. The van der Waals surface area contributed by atoms with E-state index in [2.05, 4.69) is 10.6 Å². The first-order valence-corrected chi connectivity index (χ1v) is 8.24. The number of nitrogens with one attached hydrogen (secondary N) is 2. The van der Waals surface area contributed by atoms with E-state index < -0.39 is 23.2 Å². The molecule has 0 radical (unpaired) electrons. The van der Waals surface area contributed by atoms with Crippen molar-refractivity contribution >= 4 is 29.2 Å². The summed E-state index contributed by atoms with van der Waals surface area (Å²) in [6.45, 7) is 3.00. The molecule has 0 bridgehead atoms. The monoisotopic (exact) mass is 370 g/mol. The molecular formula is C20H22N2O5. The number of benzene rings is 2. The van der Waals surface area contributed by atoms with Crippen molar-refractivity contribution in [2.45, 2.75) is 13.8 Å². The van der Waals surface area contributed by atoms with Crippen LogP contribution in [0, 0.1) is 5.41 Å². The summed E-state index contributed by atoms with van der Waals surface area (Å²) >= 11 is 0. The third kappa shape index (κ3) is 4.63. The average molecular weight is 370 g/mol. The number of hydrogen-bond acceptors (Lipinski definition) is 5. The van der Waals surface area contributed by atoms with Crippen LogP contribution in [0.15, 0.2) is 48.5 Å². The molecule has 2 amide bonds. The van der Waals surface area contributed by atoms with Crippen LogP contribution in [0.2, 0.25) is 0 Å². The number of hydrogen-bond donors (Lipinski definition) is 2. The predicted molar refractivity (Wildman–Crippen MR) is 102 cm³/mol. The number of anilines is 2. The van der Waals surface area contributed by atoms with Crippen molar-refractivity contribution in [1.29, 1.82) is 0 Å². The number of esters is 1. The number of rotatable bonds is 6. The molecule has 0 aliphatic rings. The predicted octanol–water partition coefficient (Wildman–Crippen LogP) is 3.09. The highest BCUT2D eigenvalue weighted by atomic mass is 16.5. The molecule has 0 spiro atoms. The number of carbonyl (C=O) groups excluding carboxylic acids is 3. The molecule has 27 heavy (non-hydrogen) atoms. The number of carbonyl (C=O) groups is 3. The van der Waals surface area contributed by atoms with E-state index >= 15 is 0 Å². The van der Waals surface area contributed by atoms with Crippen molar-refractivity contribution in [3.63, 3.8) is 0 Å². The van der Waals surface area contributed by atoms with Crippen LogP contribution >= 0.6 is 0 Å². The third-order valence-electron chi connectivity index (χ3n) is 4.06. The van der Waals surface area contributed by atoms with Gasteiger partial charge in [0.1, 0.15) is 11.2 Å². The molecule has 0 saturated heterocycles. The first kappa shape index (κ1) is 20.0. The van der Waals surface area contributed by atoms with Gasteiger partial charge >= 0.3 is 5.97 Å². The summed E-state index contributed by atoms with van der Waals surface area (Å²) in [5, 5.41) is 5.33. The van der Waals surface area contributed by atoms with E-state index in [9.17, 15) is 14.4 Å².